The molecule has 0 aliphatic heterocycles. The highest BCUT2D eigenvalue weighted by atomic mass is 35.5. The van der Waals surface area contributed by atoms with Gasteiger partial charge in [0.2, 0.25) is 0 Å². The summed E-state index contributed by atoms with van der Waals surface area (Å²) in [7, 11) is 2.04. The van der Waals surface area contributed by atoms with Crippen LogP contribution in [0.5, 0.6) is 0 Å². The van der Waals surface area contributed by atoms with Crippen LogP contribution in [-0.4, -0.2) is 11.9 Å². The molecule has 3 rings (SSSR count). The fourth-order valence-electron chi connectivity index (χ4n) is 2.88. The van der Waals surface area contributed by atoms with Crippen LogP contribution in [0.2, 0.25) is 0 Å². The summed E-state index contributed by atoms with van der Waals surface area (Å²) in [6, 6.07) is 22.0. The van der Waals surface area contributed by atoms with Gasteiger partial charge >= 0.3 is 0 Å². The van der Waals surface area contributed by atoms with Gasteiger partial charge in [-0.2, -0.15) is 0 Å². The molecule has 23 heavy (non-hydrogen) atoms. The number of nitrogens with zero attached hydrogens (tertiary/aromatic N) is 1. The molecule has 3 heteroatoms. The van der Waals surface area contributed by atoms with Gasteiger partial charge in [0.1, 0.15) is 5.82 Å². The van der Waals surface area contributed by atoms with Crippen LogP contribution in [0.3, 0.4) is 0 Å². The number of hydrogen-bond donors (Lipinski definition) is 0. The van der Waals surface area contributed by atoms with Crippen molar-refractivity contribution in [2.24, 2.45) is 0 Å². The lowest BCUT2D eigenvalue weighted by atomic mass is 9.98. The van der Waals surface area contributed by atoms with E-state index in [1.165, 1.54) is 22.4 Å². The first kappa shape index (κ1) is 17.5. The van der Waals surface area contributed by atoms with Gasteiger partial charge < -0.3 is 0 Å². The third-order valence-corrected chi connectivity index (χ3v) is 4.31. The second kappa shape index (κ2) is 7.58. The van der Waals surface area contributed by atoms with E-state index >= 15 is 0 Å². The van der Waals surface area contributed by atoms with Crippen molar-refractivity contribution in [3.8, 4) is 0 Å². The van der Waals surface area contributed by atoms with Gasteiger partial charge in [0.25, 0.3) is 0 Å². The number of hydrogen-bond acceptors (Lipinski definition) is 1. The van der Waals surface area contributed by atoms with Crippen molar-refractivity contribution < 1.29 is 4.39 Å². The maximum absolute atomic E-state index is 13.8. The first-order valence-corrected chi connectivity index (χ1v) is 7.58. The molecule has 0 fully saturated rings. The zero-order valence-electron chi connectivity index (χ0n) is 13.4. The van der Waals surface area contributed by atoms with E-state index in [0.717, 1.165) is 5.56 Å². The first-order valence-electron chi connectivity index (χ1n) is 7.58. The molecule has 3 aromatic carbocycles. The van der Waals surface area contributed by atoms with Crippen LogP contribution < -0.4 is 0 Å². The Morgan fingerprint density at radius 1 is 0.913 bits per heavy atom. The molecule has 0 spiro atoms. The average Bonchev–Trinajstić information content (AvgIpc) is 2.55. The fourth-order valence-corrected chi connectivity index (χ4v) is 2.88. The van der Waals surface area contributed by atoms with Gasteiger partial charge in [0.15, 0.2) is 0 Å². The smallest absolute Gasteiger partial charge is 0.127 e. The van der Waals surface area contributed by atoms with E-state index in [-0.39, 0.29) is 24.3 Å². The molecule has 0 heterocycles. The van der Waals surface area contributed by atoms with E-state index in [1.54, 1.807) is 6.07 Å². The Kier molecular flexibility index (Phi) is 5.75. The zero-order chi connectivity index (χ0) is 15.5. The Hall–Kier alpha value is -1.90. The first-order chi connectivity index (χ1) is 10.7. The summed E-state index contributed by atoms with van der Waals surface area (Å²) in [6.07, 6.45) is 0. The van der Waals surface area contributed by atoms with Gasteiger partial charge in [-0.3, -0.25) is 4.90 Å². The Morgan fingerprint density at radius 3 is 2.35 bits per heavy atom. The quantitative estimate of drug-likeness (QED) is 0.602. The van der Waals surface area contributed by atoms with Crippen molar-refractivity contribution in [1.29, 1.82) is 0 Å². The lowest BCUT2D eigenvalue weighted by Gasteiger charge is -2.26. The van der Waals surface area contributed by atoms with Gasteiger partial charge in [-0.05, 0) is 36.4 Å². The fraction of sp³-hybridized carbons (Fsp3) is 0.200. The number of halogens is 2. The molecular formula is C20H21ClFN. The molecule has 0 aromatic heterocycles. The van der Waals surface area contributed by atoms with E-state index in [9.17, 15) is 4.39 Å². The zero-order valence-corrected chi connectivity index (χ0v) is 14.2. The molecule has 0 bridgehead atoms. The van der Waals surface area contributed by atoms with Crippen LogP contribution in [-0.2, 0) is 6.54 Å². The maximum atomic E-state index is 13.8. The van der Waals surface area contributed by atoms with Crippen molar-refractivity contribution in [2.75, 3.05) is 7.05 Å². The molecule has 0 aliphatic carbocycles. The van der Waals surface area contributed by atoms with E-state index in [1.807, 2.05) is 19.2 Å². The highest BCUT2D eigenvalue weighted by Crippen LogP contribution is 2.28. The normalized spacial score (nSPS) is 12.2. The van der Waals surface area contributed by atoms with Gasteiger partial charge in [-0.25, -0.2) is 4.39 Å². The number of benzene rings is 3. The monoisotopic (exact) mass is 329 g/mol. The van der Waals surface area contributed by atoms with Crippen molar-refractivity contribution in [2.45, 2.75) is 19.5 Å². The largest absolute Gasteiger partial charge is 0.295 e. The van der Waals surface area contributed by atoms with Crippen molar-refractivity contribution in [1.82, 2.24) is 4.90 Å². The molecular weight excluding hydrogens is 309 g/mol. The average molecular weight is 330 g/mol. The molecule has 0 N–H and O–H groups in total. The van der Waals surface area contributed by atoms with Crippen LogP contribution in [0.15, 0.2) is 66.7 Å². The summed E-state index contributed by atoms with van der Waals surface area (Å²) in [5.41, 5.74) is 2.01. The van der Waals surface area contributed by atoms with E-state index in [0.29, 0.717) is 6.54 Å². The van der Waals surface area contributed by atoms with Crippen LogP contribution in [0.4, 0.5) is 4.39 Å². The number of rotatable bonds is 4. The molecule has 0 saturated carbocycles. The van der Waals surface area contributed by atoms with Crippen LogP contribution in [0.1, 0.15) is 24.1 Å². The molecule has 0 amide bonds. The third-order valence-electron chi connectivity index (χ3n) is 4.31. The molecule has 1 nitrogen and oxygen atoms in total. The summed E-state index contributed by atoms with van der Waals surface area (Å²) >= 11 is 0. The Labute approximate surface area is 143 Å². The predicted octanol–water partition coefficient (Wildman–Crippen LogP) is 5.59. The Bertz CT molecular complexity index is 782. The van der Waals surface area contributed by atoms with Crippen molar-refractivity contribution in [3.05, 3.63) is 83.7 Å². The molecule has 1 atom stereocenters. The van der Waals surface area contributed by atoms with Crippen LogP contribution in [0, 0.1) is 5.82 Å². The van der Waals surface area contributed by atoms with E-state index in [4.69, 9.17) is 0 Å². The van der Waals surface area contributed by atoms with E-state index < -0.39 is 0 Å². The summed E-state index contributed by atoms with van der Waals surface area (Å²) in [5.74, 6) is -0.139. The van der Waals surface area contributed by atoms with Crippen molar-refractivity contribution in [3.63, 3.8) is 0 Å². The Morgan fingerprint density at radius 2 is 1.57 bits per heavy atom. The van der Waals surface area contributed by atoms with Crippen LogP contribution in [0.25, 0.3) is 10.8 Å². The van der Waals surface area contributed by atoms with Crippen LogP contribution >= 0.6 is 12.4 Å². The highest BCUT2D eigenvalue weighted by molar-refractivity contribution is 5.86. The van der Waals surface area contributed by atoms with Gasteiger partial charge in [0, 0.05) is 18.2 Å². The molecule has 0 unspecified atom stereocenters. The number of fused-ring (bicyclic) bond motifs is 1. The second-order valence-corrected chi connectivity index (χ2v) is 5.75. The minimum Gasteiger partial charge on any atom is -0.295 e. The summed E-state index contributed by atoms with van der Waals surface area (Å²) in [6.45, 7) is 2.76. The molecule has 0 radical (unpaired) electrons. The SMILES string of the molecule is C[C@H](c1cccc2ccccc12)N(C)Cc1ccccc1F.Cl. The van der Waals surface area contributed by atoms with Crippen molar-refractivity contribution >= 4 is 23.2 Å². The van der Waals surface area contributed by atoms with Gasteiger partial charge in [0.05, 0.1) is 0 Å². The predicted molar refractivity (Wildman–Crippen MR) is 97.5 cm³/mol. The third kappa shape index (κ3) is 3.72. The lowest BCUT2D eigenvalue weighted by Crippen LogP contribution is -2.22. The molecule has 0 saturated heterocycles. The molecule has 0 aliphatic rings. The summed E-state index contributed by atoms with van der Waals surface area (Å²) < 4.78 is 13.8. The topological polar surface area (TPSA) is 3.24 Å². The standard InChI is InChI=1S/C20H20FN.ClH/c1-15(22(2)14-17-9-4-6-13-20(17)21)18-12-7-10-16-8-3-5-11-19(16)18;/h3-13,15H,14H2,1-2H3;1H/t15-;/m1./s1. The highest BCUT2D eigenvalue weighted by Gasteiger charge is 2.15. The summed E-state index contributed by atoms with van der Waals surface area (Å²) in [5, 5.41) is 2.50. The Balaban J connectivity index is 0.00000192. The lowest BCUT2D eigenvalue weighted by molar-refractivity contribution is 0.251. The maximum Gasteiger partial charge on any atom is 0.127 e. The second-order valence-electron chi connectivity index (χ2n) is 5.75. The molecule has 3 aromatic rings. The van der Waals surface area contributed by atoms with Gasteiger partial charge in [-0.1, -0.05) is 60.7 Å². The molecule has 120 valence electrons. The van der Waals surface area contributed by atoms with Gasteiger partial charge in [-0.15, -0.1) is 12.4 Å². The minimum absolute atomic E-state index is 0. The summed E-state index contributed by atoms with van der Waals surface area (Å²) in [4.78, 5) is 2.18. The van der Waals surface area contributed by atoms with E-state index in [2.05, 4.69) is 54.3 Å². The minimum atomic E-state index is -0.139.